The van der Waals surface area contributed by atoms with Crippen molar-refractivity contribution in [3.8, 4) is 5.75 Å². The van der Waals surface area contributed by atoms with E-state index in [2.05, 4.69) is 9.97 Å². The first-order valence-corrected chi connectivity index (χ1v) is 18.3. The lowest BCUT2D eigenvalue weighted by atomic mass is 9.82. The van der Waals surface area contributed by atoms with Gasteiger partial charge in [-0.3, -0.25) is 4.79 Å². The summed E-state index contributed by atoms with van der Waals surface area (Å²) in [7, 11) is 0. The predicted octanol–water partition coefficient (Wildman–Crippen LogP) is 9.85. The van der Waals surface area contributed by atoms with Crippen molar-refractivity contribution in [2.24, 2.45) is 11.8 Å². The van der Waals surface area contributed by atoms with Gasteiger partial charge in [-0.2, -0.15) is 51.3 Å². The van der Waals surface area contributed by atoms with E-state index >= 15 is 0 Å². The molecule has 1 aliphatic carbocycles. The van der Waals surface area contributed by atoms with E-state index in [0.29, 0.717) is 56.3 Å². The largest absolute Gasteiger partial charge is 0.489 e. The monoisotopic (exact) mass is 780 g/mol. The number of hydrogen-bond acceptors (Lipinski definition) is 8. The van der Waals surface area contributed by atoms with Gasteiger partial charge in [0.15, 0.2) is 5.75 Å². The van der Waals surface area contributed by atoms with Gasteiger partial charge in [-0.1, -0.05) is 0 Å². The second-order valence-electron chi connectivity index (χ2n) is 12.9. The molecule has 17 heteroatoms. The number of rotatable bonds is 16. The molecule has 1 saturated carbocycles. The van der Waals surface area contributed by atoms with Gasteiger partial charge in [-0.15, -0.1) is 0 Å². The summed E-state index contributed by atoms with van der Waals surface area (Å²) in [6.07, 6.45) is -7.37. The van der Waals surface area contributed by atoms with Crippen LogP contribution in [0, 0.1) is 11.8 Å². The molecule has 53 heavy (non-hydrogen) atoms. The van der Waals surface area contributed by atoms with E-state index < -0.39 is 53.4 Å². The molecule has 0 bridgehead atoms. The maximum Gasteiger partial charge on any atom is 0.416 e. The zero-order chi connectivity index (χ0) is 39.0. The van der Waals surface area contributed by atoms with E-state index in [1.807, 2.05) is 18.1 Å². The Balaban J connectivity index is 1.79. The molecular weight excluding hydrogens is 739 g/mol. The number of alkyl halides is 9. The van der Waals surface area contributed by atoms with Crippen molar-refractivity contribution < 1.29 is 53.8 Å². The van der Waals surface area contributed by atoms with Crippen molar-refractivity contribution >= 4 is 29.9 Å². The molecule has 0 spiro atoms. The Morgan fingerprint density at radius 2 is 1.45 bits per heavy atom. The van der Waals surface area contributed by atoms with Crippen molar-refractivity contribution in [3.63, 3.8) is 0 Å². The molecule has 2 aromatic carbocycles. The number of ether oxygens (including phenoxy) is 2. The molecule has 1 aliphatic rings. The van der Waals surface area contributed by atoms with Crippen LogP contribution in [0.15, 0.2) is 48.8 Å². The third-order valence-corrected chi connectivity index (χ3v) is 9.88. The quantitative estimate of drug-likeness (QED) is 0.0809. The SMILES string of the molecule is CCN(C[C@H]1CC[C@H](COC=O)CC1)c1ccc(C(F)(F)F)cc1CN(c1ncc(OCCSC)cn1)[C@@H](C)c1cc(C(F)(F)F)cc(C(F)(F)F)c1. The molecular formula is C36H41F9N4O3S. The molecule has 0 radical (unpaired) electrons. The minimum absolute atomic E-state index is 0.0185. The van der Waals surface area contributed by atoms with Crippen LogP contribution in [0.1, 0.15) is 73.4 Å². The maximum atomic E-state index is 14.1. The Morgan fingerprint density at radius 1 is 0.868 bits per heavy atom. The molecule has 0 N–H and O–H groups in total. The molecule has 4 rings (SSSR count). The number of aromatic nitrogens is 2. The van der Waals surface area contributed by atoms with Crippen molar-refractivity contribution in [2.75, 3.05) is 48.1 Å². The number of carbonyl (C=O) groups is 1. The van der Waals surface area contributed by atoms with Gasteiger partial charge in [-0.05, 0) is 105 Å². The van der Waals surface area contributed by atoms with Gasteiger partial charge in [0, 0.05) is 31.1 Å². The summed E-state index contributed by atoms with van der Waals surface area (Å²) < 4.78 is 136. The molecule has 1 fully saturated rings. The van der Waals surface area contributed by atoms with Crippen LogP contribution in [0.4, 0.5) is 51.1 Å². The molecule has 3 aromatic rings. The minimum Gasteiger partial charge on any atom is -0.489 e. The van der Waals surface area contributed by atoms with Gasteiger partial charge in [-0.25, -0.2) is 9.97 Å². The van der Waals surface area contributed by atoms with Crippen molar-refractivity contribution in [1.29, 1.82) is 0 Å². The molecule has 1 atom stereocenters. The van der Waals surface area contributed by atoms with Crippen molar-refractivity contribution in [1.82, 2.24) is 9.97 Å². The summed E-state index contributed by atoms with van der Waals surface area (Å²) in [4.78, 5) is 22.4. The van der Waals surface area contributed by atoms with Crippen LogP contribution in [0.3, 0.4) is 0 Å². The summed E-state index contributed by atoms with van der Waals surface area (Å²) in [5, 5.41) is 0. The first kappa shape index (κ1) is 41.9. The Labute approximate surface area is 306 Å². The molecule has 0 aliphatic heterocycles. The summed E-state index contributed by atoms with van der Waals surface area (Å²) in [6.45, 7) is 4.68. The van der Waals surface area contributed by atoms with Crippen LogP contribution in [0.25, 0.3) is 0 Å². The number of anilines is 2. The zero-order valence-electron chi connectivity index (χ0n) is 29.3. The van der Waals surface area contributed by atoms with Crippen LogP contribution in [-0.2, 0) is 34.6 Å². The highest BCUT2D eigenvalue weighted by Crippen LogP contribution is 2.41. The Hall–Kier alpha value is -3.89. The molecule has 0 amide bonds. The first-order valence-electron chi connectivity index (χ1n) is 16.9. The van der Waals surface area contributed by atoms with Crippen LogP contribution in [-0.4, -0.2) is 54.8 Å². The molecule has 1 aromatic heterocycles. The Morgan fingerprint density at radius 3 is 1.98 bits per heavy atom. The first-order chi connectivity index (χ1) is 24.9. The molecule has 1 heterocycles. The van der Waals surface area contributed by atoms with E-state index in [9.17, 15) is 44.3 Å². The van der Waals surface area contributed by atoms with Crippen molar-refractivity contribution in [2.45, 2.75) is 70.6 Å². The highest BCUT2D eigenvalue weighted by Gasteiger charge is 2.38. The number of benzene rings is 2. The number of hydrogen-bond donors (Lipinski definition) is 0. The minimum atomic E-state index is -5.12. The standard InChI is InChI=1S/C36H41F9N4O3S/c1-4-48(19-24-5-7-25(8-6-24)21-51-22-50)32-10-9-28(34(37,38)39)15-27(32)20-49(33-46-17-31(18-47-33)52-11-12-53-3)23(2)26-13-29(35(40,41)42)16-30(14-26)36(43,44)45/h9-10,13-18,22-25H,4-8,11-12,19-21H2,1-3H3/t23-,24-,25-/m0/s1. The summed E-state index contributed by atoms with van der Waals surface area (Å²) in [6, 6.07) is 3.14. The predicted molar refractivity (Wildman–Crippen MR) is 184 cm³/mol. The maximum absolute atomic E-state index is 14.1. The van der Waals surface area contributed by atoms with Crippen LogP contribution in [0.5, 0.6) is 5.75 Å². The van der Waals surface area contributed by atoms with Crippen LogP contribution in [0.2, 0.25) is 0 Å². The normalized spacial score (nSPS) is 17.3. The number of thioether (sulfide) groups is 1. The molecule has 292 valence electrons. The summed E-state index contributed by atoms with van der Waals surface area (Å²) in [5.41, 5.74) is -3.90. The second-order valence-corrected chi connectivity index (χ2v) is 13.9. The van der Waals surface area contributed by atoms with E-state index in [-0.39, 0.29) is 35.2 Å². The Bertz CT molecular complexity index is 1600. The van der Waals surface area contributed by atoms with Gasteiger partial charge >= 0.3 is 18.5 Å². The lowest BCUT2D eigenvalue weighted by Gasteiger charge is -2.36. The highest BCUT2D eigenvalue weighted by molar-refractivity contribution is 7.98. The zero-order valence-corrected chi connectivity index (χ0v) is 30.1. The average molecular weight is 781 g/mol. The summed E-state index contributed by atoms with van der Waals surface area (Å²) >= 11 is 1.52. The van der Waals surface area contributed by atoms with Gasteiger partial charge < -0.3 is 19.3 Å². The lowest BCUT2D eigenvalue weighted by Crippen LogP contribution is -2.34. The fourth-order valence-corrected chi connectivity index (χ4v) is 6.65. The molecule has 0 saturated heterocycles. The van der Waals surface area contributed by atoms with Crippen LogP contribution < -0.4 is 14.5 Å². The average Bonchev–Trinajstić information content (AvgIpc) is 3.11. The topological polar surface area (TPSA) is 67.8 Å². The summed E-state index contributed by atoms with van der Waals surface area (Å²) in [5.74, 6) is 1.12. The number of carbonyl (C=O) groups excluding carboxylic acids is 1. The van der Waals surface area contributed by atoms with Crippen LogP contribution >= 0.6 is 11.8 Å². The van der Waals surface area contributed by atoms with E-state index in [1.54, 1.807) is 0 Å². The fourth-order valence-electron chi connectivity index (χ4n) is 6.40. The lowest BCUT2D eigenvalue weighted by molar-refractivity contribution is -0.143. The van der Waals surface area contributed by atoms with E-state index in [0.717, 1.165) is 37.8 Å². The van der Waals surface area contributed by atoms with Crippen molar-refractivity contribution in [3.05, 3.63) is 76.6 Å². The number of halogens is 9. The number of nitrogens with zero attached hydrogens (tertiary/aromatic N) is 4. The second kappa shape index (κ2) is 18.0. The molecule has 7 nitrogen and oxygen atoms in total. The Kier molecular flexibility index (Phi) is 14.2. The fraction of sp³-hybridized carbons (Fsp3) is 0.528. The smallest absolute Gasteiger partial charge is 0.416 e. The highest BCUT2D eigenvalue weighted by atomic mass is 32.2. The van der Waals surface area contributed by atoms with E-state index in [1.165, 1.54) is 42.0 Å². The van der Waals surface area contributed by atoms with E-state index in [4.69, 9.17) is 9.47 Å². The van der Waals surface area contributed by atoms with Gasteiger partial charge in [0.1, 0.15) is 0 Å². The van der Waals surface area contributed by atoms with Gasteiger partial charge in [0.05, 0.1) is 48.3 Å². The van der Waals surface area contributed by atoms with Gasteiger partial charge in [0.2, 0.25) is 5.95 Å². The molecule has 0 unspecified atom stereocenters. The third-order valence-electron chi connectivity index (χ3n) is 9.30. The third kappa shape index (κ3) is 11.5. The van der Waals surface area contributed by atoms with Gasteiger partial charge in [0.25, 0.3) is 6.47 Å².